The minimum atomic E-state index is -4.43. The summed E-state index contributed by atoms with van der Waals surface area (Å²) in [5.74, 6) is -0.664. The molecular formula is C40H66NO8P. The number of aliphatic hydroxyl groups is 1. The molecule has 0 aromatic carbocycles. The molecule has 2 atom stereocenters. The van der Waals surface area contributed by atoms with Gasteiger partial charge in [-0.15, -0.1) is 0 Å². The van der Waals surface area contributed by atoms with Crippen molar-refractivity contribution in [1.29, 1.82) is 0 Å². The zero-order valence-electron chi connectivity index (χ0n) is 30.8. The summed E-state index contributed by atoms with van der Waals surface area (Å²) in [5, 5.41) is 12.6. The summed E-state index contributed by atoms with van der Waals surface area (Å²) in [7, 11) is -4.43. The standard InChI is InChI=1S/C40H66NO8P/c1-3-5-7-9-11-13-14-15-16-17-18-19-20-21-22-23-24-25-27-29-31-33-40(44)47-36-38(42)37-49-50(45,46)48-35-34-41-39(43)32-30-28-26-12-10-8-6-4-2/h5,7,11,13,15-16,18-19,21-22,24-25,29,31,38,42H,3-4,6,8-10,12,14,17,20,23,26-28,30,32-37H2,1-2H3,(H,41,43)(H,45,46)/b7-5-,13-11-,16-15-,19-18-,22-21-,25-24-,31-29-. The van der Waals surface area contributed by atoms with Gasteiger partial charge in [0.2, 0.25) is 5.91 Å². The summed E-state index contributed by atoms with van der Waals surface area (Å²) in [5.41, 5.74) is 0. The number of ether oxygens (including phenoxy) is 1. The quantitative estimate of drug-likeness (QED) is 0.0265. The number of hydrogen-bond donors (Lipinski definition) is 3. The first-order chi connectivity index (χ1) is 24.3. The van der Waals surface area contributed by atoms with Crippen molar-refractivity contribution in [3.63, 3.8) is 0 Å². The second-order valence-electron chi connectivity index (χ2n) is 11.8. The first kappa shape index (κ1) is 47.2. The van der Waals surface area contributed by atoms with Crippen LogP contribution < -0.4 is 5.32 Å². The fraction of sp³-hybridized carbons (Fsp3) is 0.600. The van der Waals surface area contributed by atoms with Gasteiger partial charge in [0.25, 0.3) is 0 Å². The number of amides is 1. The molecule has 0 radical (unpaired) electrons. The molecule has 1 amide bonds. The zero-order valence-corrected chi connectivity index (χ0v) is 31.7. The number of aliphatic hydroxyl groups excluding tert-OH is 1. The number of carbonyl (C=O) groups is 2. The Balaban J connectivity index is 3.82. The van der Waals surface area contributed by atoms with Crippen molar-refractivity contribution in [2.75, 3.05) is 26.4 Å². The molecule has 0 saturated carbocycles. The highest BCUT2D eigenvalue weighted by Crippen LogP contribution is 2.42. The van der Waals surface area contributed by atoms with Gasteiger partial charge < -0.3 is 20.1 Å². The number of hydrogen-bond acceptors (Lipinski definition) is 7. The second-order valence-corrected chi connectivity index (χ2v) is 13.3. The van der Waals surface area contributed by atoms with E-state index >= 15 is 0 Å². The van der Waals surface area contributed by atoms with Crippen molar-refractivity contribution in [3.05, 3.63) is 85.1 Å². The van der Waals surface area contributed by atoms with E-state index in [-0.39, 0.29) is 32.1 Å². The van der Waals surface area contributed by atoms with E-state index in [1.54, 1.807) is 6.08 Å². The number of unbranched alkanes of at least 4 members (excludes halogenated alkanes) is 7. The van der Waals surface area contributed by atoms with Gasteiger partial charge in [-0.1, -0.05) is 144 Å². The average Bonchev–Trinajstić information content (AvgIpc) is 3.10. The molecule has 0 aromatic rings. The van der Waals surface area contributed by atoms with E-state index in [0.717, 1.165) is 57.8 Å². The minimum Gasteiger partial charge on any atom is -0.463 e. The SMILES string of the molecule is CC/C=C\C/C=C\C/C=C\C/C=C\C/C=C\C/C=C\C/C=C\CC(=O)OCC(O)COP(=O)(O)OCCNC(=O)CCCCCCCCCC. The van der Waals surface area contributed by atoms with Gasteiger partial charge in [-0.25, -0.2) is 4.57 Å². The maximum absolute atomic E-state index is 12.0. The van der Waals surface area contributed by atoms with Crippen molar-refractivity contribution >= 4 is 19.7 Å². The van der Waals surface area contributed by atoms with Crippen LogP contribution in [0.3, 0.4) is 0 Å². The van der Waals surface area contributed by atoms with Crippen LogP contribution in [-0.2, 0) is 27.9 Å². The molecule has 9 nitrogen and oxygen atoms in total. The smallest absolute Gasteiger partial charge is 0.463 e. The third-order valence-electron chi connectivity index (χ3n) is 7.12. The molecular weight excluding hydrogens is 653 g/mol. The fourth-order valence-electron chi connectivity index (χ4n) is 4.35. The Bertz CT molecular complexity index is 1090. The van der Waals surface area contributed by atoms with Gasteiger partial charge in [-0.2, -0.15) is 0 Å². The normalized spacial score (nSPS) is 14.4. The van der Waals surface area contributed by atoms with Crippen LogP contribution in [0.5, 0.6) is 0 Å². The summed E-state index contributed by atoms with van der Waals surface area (Å²) >= 11 is 0. The van der Waals surface area contributed by atoms with E-state index < -0.39 is 26.5 Å². The van der Waals surface area contributed by atoms with E-state index in [1.807, 2.05) is 12.2 Å². The van der Waals surface area contributed by atoms with Crippen LogP contribution in [0.2, 0.25) is 0 Å². The van der Waals surface area contributed by atoms with Gasteiger partial charge in [0.05, 0.1) is 19.6 Å². The van der Waals surface area contributed by atoms with Crippen LogP contribution in [0, 0.1) is 0 Å². The van der Waals surface area contributed by atoms with Crippen LogP contribution in [0.15, 0.2) is 85.1 Å². The van der Waals surface area contributed by atoms with Gasteiger partial charge >= 0.3 is 13.8 Å². The Kier molecular flexibility index (Phi) is 34.0. The summed E-state index contributed by atoms with van der Waals surface area (Å²) in [6, 6.07) is 0. The van der Waals surface area contributed by atoms with E-state index in [0.29, 0.717) is 12.8 Å². The van der Waals surface area contributed by atoms with Crippen molar-refractivity contribution in [3.8, 4) is 0 Å². The number of carbonyl (C=O) groups excluding carboxylic acids is 2. The van der Waals surface area contributed by atoms with Crippen LogP contribution in [0.1, 0.15) is 123 Å². The Hall–Kier alpha value is -2.81. The molecule has 0 aliphatic rings. The molecule has 0 bridgehead atoms. The maximum atomic E-state index is 12.0. The summed E-state index contributed by atoms with van der Waals surface area (Å²) in [6.45, 7) is 3.25. The predicted molar refractivity (Wildman–Crippen MR) is 206 cm³/mol. The number of nitrogens with one attached hydrogen (secondary N) is 1. The van der Waals surface area contributed by atoms with Crippen molar-refractivity contribution < 1.29 is 37.9 Å². The molecule has 0 saturated heterocycles. The fourth-order valence-corrected chi connectivity index (χ4v) is 5.10. The lowest BCUT2D eigenvalue weighted by molar-refractivity contribution is -0.146. The third kappa shape index (κ3) is 36.5. The topological polar surface area (TPSA) is 131 Å². The van der Waals surface area contributed by atoms with Crippen molar-refractivity contribution in [2.24, 2.45) is 0 Å². The first-order valence-corrected chi connectivity index (χ1v) is 20.1. The Morgan fingerprint density at radius 3 is 1.60 bits per heavy atom. The molecule has 3 N–H and O–H groups in total. The number of phosphoric ester groups is 1. The number of phosphoric acid groups is 1. The molecule has 0 aromatic heterocycles. The van der Waals surface area contributed by atoms with Crippen LogP contribution in [-0.4, -0.2) is 54.3 Å². The number of esters is 1. The Morgan fingerprint density at radius 1 is 0.640 bits per heavy atom. The van der Waals surface area contributed by atoms with Gasteiger partial charge in [0.15, 0.2) is 0 Å². The molecule has 0 aliphatic heterocycles. The van der Waals surface area contributed by atoms with E-state index in [9.17, 15) is 24.2 Å². The highest BCUT2D eigenvalue weighted by molar-refractivity contribution is 7.47. The number of allylic oxidation sites excluding steroid dienone is 13. The largest absolute Gasteiger partial charge is 0.472 e. The number of rotatable bonds is 33. The molecule has 0 aliphatic carbocycles. The van der Waals surface area contributed by atoms with E-state index in [1.165, 1.54) is 32.1 Å². The highest BCUT2D eigenvalue weighted by Gasteiger charge is 2.23. The van der Waals surface area contributed by atoms with Gasteiger partial charge in [-0.05, 0) is 51.4 Å². The monoisotopic (exact) mass is 719 g/mol. The highest BCUT2D eigenvalue weighted by atomic mass is 31.2. The lowest BCUT2D eigenvalue weighted by Crippen LogP contribution is -2.27. The van der Waals surface area contributed by atoms with Gasteiger partial charge in [0, 0.05) is 13.0 Å². The average molecular weight is 720 g/mol. The molecule has 0 heterocycles. The van der Waals surface area contributed by atoms with Crippen LogP contribution in [0.4, 0.5) is 0 Å². The summed E-state index contributed by atoms with van der Waals surface area (Å²) < 4.78 is 26.6. The van der Waals surface area contributed by atoms with Crippen molar-refractivity contribution in [2.45, 2.75) is 129 Å². The molecule has 10 heteroatoms. The summed E-state index contributed by atoms with van der Waals surface area (Å²) in [4.78, 5) is 33.6. The molecule has 0 spiro atoms. The first-order valence-electron chi connectivity index (χ1n) is 18.6. The minimum absolute atomic E-state index is 0.0442. The van der Waals surface area contributed by atoms with Gasteiger partial charge in [0.1, 0.15) is 12.7 Å². The van der Waals surface area contributed by atoms with Crippen LogP contribution >= 0.6 is 7.82 Å². The Morgan fingerprint density at radius 2 is 1.10 bits per heavy atom. The van der Waals surface area contributed by atoms with E-state index in [2.05, 4.69) is 86.0 Å². The second kappa shape index (κ2) is 36.0. The maximum Gasteiger partial charge on any atom is 0.472 e. The molecule has 0 fully saturated rings. The molecule has 2 unspecified atom stereocenters. The molecule has 50 heavy (non-hydrogen) atoms. The zero-order chi connectivity index (χ0) is 36.8. The predicted octanol–water partition coefficient (Wildman–Crippen LogP) is 9.71. The van der Waals surface area contributed by atoms with Crippen LogP contribution in [0.25, 0.3) is 0 Å². The molecule has 284 valence electrons. The lowest BCUT2D eigenvalue weighted by atomic mass is 10.1. The van der Waals surface area contributed by atoms with Gasteiger partial charge in [-0.3, -0.25) is 18.6 Å². The third-order valence-corrected chi connectivity index (χ3v) is 8.11. The molecule has 0 rings (SSSR count). The van der Waals surface area contributed by atoms with Crippen molar-refractivity contribution in [1.82, 2.24) is 5.32 Å². The lowest BCUT2D eigenvalue weighted by Gasteiger charge is -2.15. The summed E-state index contributed by atoms with van der Waals surface area (Å²) in [6.07, 6.45) is 44.1. The van der Waals surface area contributed by atoms with E-state index in [4.69, 9.17) is 13.8 Å². The Labute approximate surface area is 302 Å².